The molecule has 0 saturated heterocycles. The van der Waals surface area contributed by atoms with Crippen LogP contribution in [0.4, 0.5) is 0 Å². The Labute approximate surface area is 117 Å². The zero-order chi connectivity index (χ0) is 15.1. The van der Waals surface area contributed by atoms with Gasteiger partial charge in [-0.25, -0.2) is 4.79 Å². The number of carbonyl (C=O) groups is 3. The fourth-order valence-corrected chi connectivity index (χ4v) is 1.55. The Hall–Kier alpha value is -2.37. The van der Waals surface area contributed by atoms with E-state index in [0.717, 1.165) is 5.56 Å². The molecule has 0 aliphatic carbocycles. The highest BCUT2D eigenvalue weighted by atomic mass is 16.4. The van der Waals surface area contributed by atoms with Gasteiger partial charge in [0, 0.05) is 5.56 Å². The van der Waals surface area contributed by atoms with E-state index in [0.29, 0.717) is 5.56 Å². The van der Waals surface area contributed by atoms with E-state index in [2.05, 4.69) is 10.6 Å². The summed E-state index contributed by atoms with van der Waals surface area (Å²) >= 11 is 0. The van der Waals surface area contributed by atoms with Crippen molar-refractivity contribution in [3.05, 3.63) is 35.4 Å². The van der Waals surface area contributed by atoms with E-state index >= 15 is 0 Å². The molecule has 0 aliphatic rings. The number of aliphatic carboxylic acids is 1. The van der Waals surface area contributed by atoms with Crippen molar-refractivity contribution in [2.75, 3.05) is 6.54 Å². The quantitative estimate of drug-likeness (QED) is 0.714. The average Bonchev–Trinajstić information content (AvgIpc) is 2.42. The molecule has 0 saturated carbocycles. The highest BCUT2D eigenvalue weighted by Crippen LogP contribution is 2.02. The van der Waals surface area contributed by atoms with E-state index in [-0.39, 0.29) is 18.9 Å². The SMILES string of the molecule is CC[C@H](NC(=O)CNC(=O)c1ccc(C)cc1)C(=O)O. The van der Waals surface area contributed by atoms with Crippen molar-refractivity contribution in [3.8, 4) is 0 Å². The summed E-state index contributed by atoms with van der Waals surface area (Å²) < 4.78 is 0. The van der Waals surface area contributed by atoms with Crippen LogP contribution in [-0.2, 0) is 9.59 Å². The van der Waals surface area contributed by atoms with Gasteiger partial charge in [0.15, 0.2) is 0 Å². The molecule has 6 heteroatoms. The minimum absolute atomic E-state index is 0.253. The Bertz CT molecular complexity index is 496. The second-order valence-corrected chi connectivity index (χ2v) is 4.42. The van der Waals surface area contributed by atoms with Gasteiger partial charge in [0.05, 0.1) is 6.54 Å². The van der Waals surface area contributed by atoms with Crippen LogP contribution in [-0.4, -0.2) is 35.5 Å². The minimum Gasteiger partial charge on any atom is -0.480 e. The molecule has 1 rings (SSSR count). The number of benzene rings is 1. The van der Waals surface area contributed by atoms with Crippen molar-refractivity contribution in [1.82, 2.24) is 10.6 Å². The third kappa shape index (κ3) is 4.72. The van der Waals surface area contributed by atoms with Gasteiger partial charge in [-0.15, -0.1) is 0 Å². The predicted octanol–water partition coefficient (Wildman–Crippen LogP) is 0.704. The molecule has 20 heavy (non-hydrogen) atoms. The summed E-state index contributed by atoms with van der Waals surface area (Å²) in [6.45, 7) is 3.31. The lowest BCUT2D eigenvalue weighted by Gasteiger charge is -2.12. The molecular formula is C14H18N2O4. The second kappa shape index (κ2) is 7.28. The average molecular weight is 278 g/mol. The van der Waals surface area contributed by atoms with E-state index in [1.165, 1.54) is 0 Å². The number of carboxylic acids is 1. The lowest BCUT2D eigenvalue weighted by atomic mass is 10.1. The number of hydrogen-bond acceptors (Lipinski definition) is 3. The first kappa shape index (κ1) is 15.7. The summed E-state index contributed by atoms with van der Waals surface area (Å²) in [7, 11) is 0. The van der Waals surface area contributed by atoms with Crippen LogP contribution >= 0.6 is 0 Å². The largest absolute Gasteiger partial charge is 0.480 e. The van der Waals surface area contributed by atoms with Crippen LogP contribution < -0.4 is 10.6 Å². The Morgan fingerprint density at radius 3 is 2.30 bits per heavy atom. The summed E-state index contributed by atoms with van der Waals surface area (Å²) in [5, 5.41) is 13.6. The Morgan fingerprint density at radius 1 is 1.20 bits per heavy atom. The second-order valence-electron chi connectivity index (χ2n) is 4.42. The maximum absolute atomic E-state index is 11.7. The molecule has 1 aromatic rings. The molecule has 0 heterocycles. The van der Waals surface area contributed by atoms with Gasteiger partial charge in [-0.1, -0.05) is 24.6 Å². The van der Waals surface area contributed by atoms with Gasteiger partial charge in [-0.05, 0) is 25.5 Å². The molecule has 1 aromatic carbocycles. The van der Waals surface area contributed by atoms with Crippen LogP contribution in [0.5, 0.6) is 0 Å². The van der Waals surface area contributed by atoms with Crippen LogP contribution in [0.25, 0.3) is 0 Å². The van der Waals surface area contributed by atoms with Crippen molar-refractivity contribution in [2.24, 2.45) is 0 Å². The Morgan fingerprint density at radius 2 is 1.80 bits per heavy atom. The Kier molecular flexibility index (Phi) is 5.71. The van der Waals surface area contributed by atoms with E-state index in [1.807, 2.05) is 6.92 Å². The first-order valence-corrected chi connectivity index (χ1v) is 6.31. The van der Waals surface area contributed by atoms with Crippen molar-refractivity contribution in [2.45, 2.75) is 26.3 Å². The topological polar surface area (TPSA) is 95.5 Å². The summed E-state index contributed by atoms with van der Waals surface area (Å²) in [5.74, 6) is -1.99. The molecule has 0 fully saturated rings. The minimum atomic E-state index is -1.09. The molecular weight excluding hydrogens is 260 g/mol. The van der Waals surface area contributed by atoms with Crippen molar-refractivity contribution in [3.63, 3.8) is 0 Å². The third-order valence-electron chi connectivity index (χ3n) is 2.76. The molecule has 0 bridgehead atoms. The van der Waals surface area contributed by atoms with E-state index in [1.54, 1.807) is 31.2 Å². The molecule has 2 amide bonds. The van der Waals surface area contributed by atoms with Crippen molar-refractivity contribution < 1.29 is 19.5 Å². The molecule has 6 nitrogen and oxygen atoms in total. The predicted molar refractivity (Wildman–Crippen MR) is 73.4 cm³/mol. The highest BCUT2D eigenvalue weighted by Gasteiger charge is 2.17. The number of nitrogens with one attached hydrogen (secondary N) is 2. The maximum atomic E-state index is 11.7. The first-order chi connectivity index (χ1) is 9.43. The maximum Gasteiger partial charge on any atom is 0.326 e. The molecule has 108 valence electrons. The van der Waals surface area contributed by atoms with Gasteiger partial charge in [0.1, 0.15) is 6.04 Å². The molecule has 0 unspecified atom stereocenters. The van der Waals surface area contributed by atoms with Gasteiger partial charge < -0.3 is 15.7 Å². The lowest BCUT2D eigenvalue weighted by Crippen LogP contribution is -2.45. The number of hydrogen-bond donors (Lipinski definition) is 3. The summed E-state index contributed by atoms with van der Waals surface area (Å²) in [6, 6.07) is 5.99. The first-order valence-electron chi connectivity index (χ1n) is 6.31. The molecule has 0 radical (unpaired) electrons. The van der Waals surface area contributed by atoms with Gasteiger partial charge >= 0.3 is 5.97 Å². The van der Waals surface area contributed by atoms with E-state index < -0.39 is 17.9 Å². The van der Waals surface area contributed by atoms with E-state index in [9.17, 15) is 14.4 Å². The number of carboxylic acid groups (broad SMARTS) is 1. The fraction of sp³-hybridized carbons (Fsp3) is 0.357. The molecule has 0 aromatic heterocycles. The van der Waals surface area contributed by atoms with Gasteiger partial charge in [-0.2, -0.15) is 0 Å². The highest BCUT2D eigenvalue weighted by molar-refractivity contribution is 5.96. The summed E-state index contributed by atoms with van der Waals surface area (Å²) in [6.07, 6.45) is 0.285. The summed E-state index contributed by atoms with van der Waals surface area (Å²) in [4.78, 5) is 34.0. The molecule has 0 aliphatic heterocycles. The Balaban J connectivity index is 2.46. The standard InChI is InChI=1S/C14H18N2O4/c1-3-11(14(19)20)16-12(17)8-15-13(18)10-6-4-9(2)5-7-10/h4-7,11H,3,8H2,1-2H3,(H,15,18)(H,16,17)(H,19,20)/t11-/m0/s1. The van der Waals surface area contributed by atoms with Gasteiger partial charge in [0.2, 0.25) is 5.91 Å². The van der Waals surface area contributed by atoms with Crippen LogP contribution in [0.3, 0.4) is 0 Å². The smallest absolute Gasteiger partial charge is 0.326 e. The lowest BCUT2D eigenvalue weighted by molar-refractivity contribution is -0.141. The summed E-state index contributed by atoms with van der Waals surface area (Å²) in [5.41, 5.74) is 1.49. The molecule has 3 N–H and O–H groups in total. The van der Waals surface area contributed by atoms with Crippen molar-refractivity contribution >= 4 is 17.8 Å². The normalized spacial score (nSPS) is 11.5. The monoisotopic (exact) mass is 278 g/mol. The van der Waals surface area contributed by atoms with Crippen LogP contribution in [0.15, 0.2) is 24.3 Å². The van der Waals surface area contributed by atoms with Gasteiger partial charge in [-0.3, -0.25) is 9.59 Å². The molecule has 1 atom stereocenters. The number of amides is 2. The number of rotatable bonds is 6. The number of carbonyl (C=O) groups excluding carboxylic acids is 2. The fourth-order valence-electron chi connectivity index (χ4n) is 1.55. The van der Waals surface area contributed by atoms with Crippen LogP contribution in [0, 0.1) is 6.92 Å². The van der Waals surface area contributed by atoms with E-state index in [4.69, 9.17) is 5.11 Å². The zero-order valence-corrected chi connectivity index (χ0v) is 11.5. The number of aryl methyl sites for hydroxylation is 1. The molecule has 0 spiro atoms. The van der Waals surface area contributed by atoms with Crippen LogP contribution in [0.2, 0.25) is 0 Å². The third-order valence-corrected chi connectivity index (χ3v) is 2.76. The van der Waals surface area contributed by atoms with Crippen molar-refractivity contribution in [1.29, 1.82) is 0 Å². The van der Waals surface area contributed by atoms with Crippen LogP contribution in [0.1, 0.15) is 29.3 Å². The zero-order valence-electron chi connectivity index (χ0n) is 11.5. The van der Waals surface area contributed by atoms with Gasteiger partial charge in [0.25, 0.3) is 5.91 Å².